The molecule has 2 rings (SSSR count). The Morgan fingerprint density at radius 1 is 1.59 bits per heavy atom. The molecule has 1 heterocycles. The van der Waals surface area contributed by atoms with Gasteiger partial charge in [-0.05, 0) is 18.8 Å². The van der Waals surface area contributed by atoms with Gasteiger partial charge in [0.05, 0.1) is 13.3 Å². The molecule has 1 aromatic heterocycles. The van der Waals surface area contributed by atoms with E-state index in [1.54, 1.807) is 0 Å². The summed E-state index contributed by atoms with van der Waals surface area (Å²) in [6, 6.07) is -0.504. The zero-order chi connectivity index (χ0) is 12.6. The number of hydrogen-bond acceptors (Lipinski definition) is 5. The lowest BCUT2D eigenvalue weighted by Crippen LogP contribution is -2.23. The zero-order valence-electron chi connectivity index (χ0n) is 9.66. The number of rotatable bonds is 4. The molecule has 6 nitrogen and oxygen atoms in total. The first-order chi connectivity index (χ1) is 7.93. The summed E-state index contributed by atoms with van der Waals surface area (Å²) < 4.78 is 28.8. The zero-order valence-corrected chi connectivity index (χ0v) is 10.5. The number of carbonyl (C=O) groups is 1. The molecular weight excluding hydrogens is 244 g/mol. The summed E-state index contributed by atoms with van der Waals surface area (Å²) in [5.74, 6) is -0.176. The van der Waals surface area contributed by atoms with Gasteiger partial charge in [0.15, 0.2) is 15.9 Å². The third kappa shape index (κ3) is 2.49. The van der Waals surface area contributed by atoms with Crippen LogP contribution in [0.5, 0.6) is 0 Å². The molecule has 0 N–H and O–H groups in total. The van der Waals surface area contributed by atoms with Crippen LogP contribution in [0.4, 0.5) is 0 Å². The lowest BCUT2D eigenvalue weighted by atomic mass is 10.2. The summed E-state index contributed by atoms with van der Waals surface area (Å²) in [4.78, 5) is 11.7. The van der Waals surface area contributed by atoms with Gasteiger partial charge in [-0.1, -0.05) is 0 Å². The number of sulfone groups is 1. The fourth-order valence-electron chi connectivity index (χ4n) is 1.71. The first kappa shape index (κ1) is 12.1. The standard InChI is InChI=1S/C10H14N2O4S/c1-16-10(13)9(7-3-4-7)12-6-8(5-11-12)17(2,14)15/h5-7,9H,3-4H2,1-2H3. The monoisotopic (exact) mass is 258 g/mol. The summed E-state index contributed by atoms with van der Waals surface area (Å²) in [5.41, 5.74) is 0. The van der Waals surface area contributed by atoms with E-state index in [-0.39, 0.29) is 16.8 Å². The van der Waals surface area contributed by atoms with Gasteiger partial charge in [-0.25, -0.2) is 13.2 Å². The van der Waals surface area contributed by atoms with E-state index >= 15 is 0 Å². The normalized spacial score (nSPS) is 17.8. The molecule has 1 aromatic rings. The lowest BCUT2D eigenvalue weighted by Gasteiger charge is -2.13. The van der Waals surface area contributed by atoms with Gasteiger partial charge in [-0.3, -0.25) is 4.68 Å². The van der Waals surface area contributed by atoms with Crippen molar-refractivity contribution in [3.05, 3.63) is 12.4 Å². The van der Waals surface area contributed by atoms with Crippen LogP contribution in [0.25, 0.3) is 0 Å². The molecule has 1 aliphatic rings. The van der Waals surface area contributed by atoms with Crippen LogP contribution in [0, 0.1) is 5.92 Å². The second kappa shape index (κ2) is 4.14. The van der Waals surface area contributed by atoms with Crippen molar-refractivity contribution >= 4 is 15.8 Å². The fraction of sp³-hybridized carbons (Fsp3) is 0.600. The molecule has 0 aliphatic heterocycles. The smallest absolute Gasteiger partial charge is 0.330 e. The highest BCUT2D eigenvalue weighted by Crippen LogP contribution is 2.40. The molecule has 0 amide bonds. The van der Waals surface area contributed by atoms with E-state index in [4.69, 9.17) is 4.74 Å². The van der Waals surface area contributed by atoms with Crippen molar-refractivity contribution in [1.82, 2.24) is 9.78 Å². The second-order valence-corrected chi connectivity index (χ2v) is 6.25. The van der Waals surface area contributed by atoms with E-state index in [1.807, 2.05) is 0 Å². The Balaban J connectivity index is 2.31. The summed E-state index contributed by atoms with van der Waals surface area (Å²) in [5, 5.41) is 3.95. The van der Waals surface area contributed by atoms with Crippen LogP contribution in [0.3, 0.4) is 0 Å². The Morgan fingerprint density at radius 3 is 2.65 bits per heavy atom. The molecule has 1 saturated carbocycles. The number of methoxy groups -OCH3 is 1. The van der Waals surface area contributed by atoms with E-state index in [0.717, 1.165) is 19.1 Å². The predicted octanol–water partition coefficient (Wildman–Crippen LogP) is 0.411. The summed E-state index contributed by atoms with van der Waals surface area (Å²) in [7, 11) is -1.97. The Hall–Kier alpha value is -1.37. The van der Waals surface area contributed by atoms with Crippen molar-refractivity contribution in [2.24, 2.45) is 5.92 Å². The topological polar surface area (TPSA) is 78.3 Å². The molecule has 0 bridgehead atoms. The number of hydrogen-bond donors (Lipinski definition) is 0. The van der Waals surface area contributed by atoms with Crippen LogP contribution in [0.1, 0.15) is 18.9 Å². The number of esters is 1. The minimum atomic E-state index is -3.29. The first-order valence-electron chi connectivity index (χ1n) is 5.25. The first-order valence-corrected chi connectivity index (χ1v) is 7.14. The van der Waals surface area contributed by atoms with Gasteiger partial charge in [0.25, 0.3) is 0 Å². The quantitative estimate of drug-likeness (QED) is 0.731. The SMILES string of the molecule is COC(=O)C(C1CC1)n1cc(S(C)(=O)=O)cn1. The van der Waals surface area contributed by atoms with Gasteiger partial charge in [0.2, 0.25) is 0 Å². The van der Waals surface area contributed by atoms with Crippen LogP contribution >= 0.6 is 0 Å². The minimum Gasteiger partial charge on any atom is -0.467 e. The molecule has 0 aromatic carbocycles. The van der Waals surface area contributed by atoms with Gasteiger partial charge in [-0.2, -0.15) is 5.10 Å². The average Bonchev–Trinajstić information content (AvgIpc) is 2.93. The highest BCUT2D eigenvalue weighted by atomic mass is 32.2. The van der Waals surface area contributed by atoms with E-state index in [0.29, 0.717) is 0 Å². The fourth-order valence-corrected chi connectivity index (χ4v) is 2.25. The lowest BCUT2D eigenvalue weighted by molar-refractivity contribution is -0.145. The Morgan fingerprint density at radius 2 is 2.24 bits per heavy atom. The molecule has 1 fully saturated rings. The van der Waals surface area contributed by atoms with Gasteiger partial charge in [0, 0.05) is 12.5 Å². The molecule has 0 radical (unpaired) electrons. The molecule has 1 unspecified atom stereocenters. The number of nitrogens with zero attached hydrogens (tertiary/aromatic N) is 2. The third-order valence-corrected chi connectivity index (χ3v) is 3.87. The molecular formula is C10H14N2O4S. The van der Waals surface area contributed by atoms with Crippen LogP contribution in [0.15, 0.2) is 17.3 Å². The van der Waals surface area contributed by atoms with Gasteiger partial charge < -0.3 is 4.74 Å². The molecule has 94 valence electrons. The number of aromatic nitrogens is 2. The largest absolute Gasteiger partial charge is 0.467 e. The summed E-state index contributed by atoms with van der Waals surface area (Å²) in [6.07, 6.45) is 5.63. The number of carbonyl (C=O) groups excluding carboxylic acids is 1. The minimum absolute atomic E-state index is 0.118. The van der Waals surface area contributed by atoms with Crippen LogP contribution in [-0.2, 0) is 19.4 Å². The van der Waals surface area contributed by atoms with E-state index in [1.165, 1.54) is 24.2 Å². The molecule has 1 atom stereocenters. The number of ether oxygens (including phenoxy) is 1. The average molecular weight is 258 g/mol. The van der Waals surface area contributed by atoms with Crippen molar-refractivity contribution < 1.29 is 17.9 Å². The van der Waals surface area contributed by atoms with Crippen molar-refractivity contribution in [1.29, 1.82) is 0 Å². The molecule has 0 saturated heterocycles. The maximum absolute atomic E-state index is 11.6. The molecule has 0 spiro atoms. The van der Waals surface area contributed by atoms with Crippen LogP contribution in [0.2, 0.25) is 0 Å². The second-order valence-electron chi connectivity index (χ2n) is 4.23. The highest BCUT2D eigenvalue weighted by Gasteiger charge is 2.39. The molecule has 1 aliphatic carbocycles. The van der Waals surface area contributed by atoms with E-state index in [9.17, 15) is 13.2 Å². The van der Waals surface area contributed by atoms with Crippen molar-refractivity contribution in [2.45, 2.75) is 23.8 Å². The van der Waals surface area contributed by atoms with E-state index in [2.05, 4.69) is 5.10 Å². The third-order valence-electron chi connectivity index (χ3n) is 2.80. The van der Waals surface area contributed by atoms with Crippen LogP contribution in [-0.4, -0.2) is 37.5 Å². The highest BCUT2D eigenvalue weighted by molar-refractivity contribution is 7.90. The Bertz CT molecular complexity index is 530. The Kier molecular flexibility index (Phi) is 2.94. The van der Waals surface area contributed by atoms with E-state index < -0.39 is 15.9 Å². The Labute approximate surface area is 99.5 Å². The van der Waals surface area contributed by atoms with Crippen molar-refractivity contribution in [3.8, 4) is 0 Å². The van der Waals surface area contributed by atoms with Gasteiger partial charge >= 0.3 is 5.97 Å². The predicted molar refractivity (Wildman–Crippen MR) is 59.1 cm³/mol. The maximum atomic E-state index is 11.6. The summed E-state index contributed by atoms with van der Waals surface area (Å²) >= 11 is 0. The van der Waals surface area contributed by atoms with Crippen molar-refractivity contribution in [2.75, 3.05) is 13.4 Å². The van der Waals surface area contributed by atoms with Crippen LogP contribution < -0.4 is 0 Å². The maximum Gasteiger partial charge on any atom is 0.330 e. The summed E-state index contributed by atoms with van der Waals surface area (Å²) in [6.45, 7) is 0. The van der Waals surface area contributed by atoms with Gasteiger partial charge in [0.1, 0.15) is 4.90 Å². The van der Waals surface area contributed by atoms with Gasteiger partial charge in [-0.15, -0.1) is 0 Å². The molecule has 7 heteroatoms. The molecule has 17 heavy (non-hydrogen) atoms. The van der Waals surface area contributed by atoms with Crippen molar-refractivity contribution in [3.63, 3.8) is 0 Å².